The van der Waals surface area contributed by atoms with Crippen LogP contribution in [0.3, 0.4) is 0 Å². The second-order valence-corrected chi connectivity index (χ2v) is 4.79. The van der Waals surface area contributed by atoms with Crippen molar-refractivity contribution in [2.45, 2.75) is 6.42 Å². The lowest BCUT2D eigenvalue weighted by Crippen LogP contribution is -2.25. The molecule has 0 unspecified atom stereocenters. The zero-order valence-corrected chi connectivity index (χ0v) is 11.5. The molecule has 1 aromatic carbocycles. The Labute approximate surface area is 118 Å². The third-order valence-electron chi connectivity index (χ3n) is 3.18. The van der Waals surface area contributed by atoms with Gasteiger partial charge in [0, 0.05) is 31.8 Å². The molecule has 1 atom stereocenters. The predicted molar refractivity (Wildman–Crippen MR) is 76.5 cm³/mol. The van der Waals surface area contributed by atoms with Gasteiger partial charge in [-0.3, -0.25) is 9.59 Å². The van der Waals surface area contributed by atoms with Crippen molar-refractivity contribution in [1.29, 1.82) is 0 Å². The molecule has 1 fully saturated rings. The number of nitrogens with zero attached hydrogens (tertiary/aromatic N) is 1. The Hall–Kier alpha value is -2.30. The van der Waals surface area contributed by atoms with E-state index in [1.807, 2.05) is 6.07 Å². The zero-order chi connectivity index (χ0) is 14.5. The Morgan fingerprint density at radius 1 is 1.60 bits per heavy atom. The number of amides is 2. The molecule has 0 aromatic heterocycles. The van der Waals surface area contributed by atoms with Crippen molar-refractivity contribution in [2.24, 2.45) is 5.92 Å². The first-order chi connectivity index (χ1) is 9.60. The summed E-state index contributed by atoms with van der Waals surface area (Å²) in [7, 11) is 1.71. The molecular weight excluding hydrogens is 256 g/mol. The van der Waals surface area contributed by atoms with Crippen LogP contribution in [0.1, 0.15) is 6.42 Å². The van der Waals surface area contributed by atoms with Crippen LogP contribution in [0.4, 0.5) is 5.69 Å². The van der Waals surface area contributed by atoms with Crippen LogP contribution in [-0.2, 0) is 9.59 Å². The number of hydrogen-bond donors (Lipinski definition) is 1. The summed E-state index contributed by atoms with van der Waals surface area (Å²) in [5.41, 5.74) is 0.665. The highest BCUT2D eigenvalue weighted by atomic mass is 16.5. The van der Waals surface area contributed by atoms with Crippen LogP contribution in [0, 0.1) is 5.92 Å². The molecule has 1 saturated heterocycles. The first-order valence-electron chi connectivity index (χ1n) is 6.48. The molecule has 1 aromatic rings. The highest BCUT2D eigenvalue weighted by Gasteiger charge is 2.32. The molecule has 0 aliphatic carbocycles. The fourth-order valence-electron chi connectivity index (χ4n) is 2.10. The summed E-state index contributed by atoms with van der Waals surface area (Å²) in [6.07, 6.45) is 1.93. The average Bonchev–Trinajstić information content (AvgIpc) is 2.77. The Morgan fingerprint density at radius 2 is 2.40 bits per heavy atom. The maximum atomic E-state index is 12.1. The first-order valence-corrected chi connectivity index (χ1v) is 6.48. The predicted octanol–water partition coefficient (Wildman–Crippen LogP) is 1.67. The molecule has 2 rings (SSSR count). The molecule has 1 heterocycles. The van der Waals surface area contributed by atoms with Gasteiger partial charge in [-0.2, -0.15) is 0 Å². The summed E-state index contributed by atoms with van der Waals surface area (Å²) in [5.74, 6) is 0.254. The van der Waals surface area contributed by atoms with Gasteiger partial charge in [0.25, 0.3) is 0 Å². The molecule has 5 heteroatoms. The molecular formula is C15H18N2O3. The Morgan fingerprint density at radius 3 is 3.05 bits per heavy atom. The van der Waals surface area contributed by atoms with Crippen molar-refractivity contribution >= 4 is 17.5 Å². The minimum atomic E-state index is -0.287. The first kappa shape index (κ1) is 14.1. The molecule has 0 saturated carbocycles. The molecule has 20 heavy (non-hydrogen) atoms. The van der Waals surface area contributed by atoms with E-state index in [2.05, 4.69) is 11.9 Å². The smallest absolute Gasteiger partial charge is 0.229 e. The molecule has 1 N–H and O–H groups in total. The molecule has 0 bridgehead atoms. The Bertz CT molecular complexity index is 528. The molecule has 106 valence electrons. The number of likely N-dealkylation sites (tertiary alicyclic amines) is 1. The van der Waals surface area contributed by atoms with Gasteiger partial charge in [0.1, 0.15) is 12.4 Å². The second kappa shape index (κ2) is 6.23. The number of carbonyl (C=O) groups is 2. The van der Waals surface area contributed by atoms with Crippen LogP contribution < -0.4 is 10.1 Å². The normalized spacial score (nSPS) is 17.9. The number of ether oxygens (including phenoxy) is 1. The largest absolute Gasteiger partial charge is 0.489 e. The number of hydrogen-bond acceptors (Lipinski definition) is 3. The van der Waals surface area contributed by atoms with Crippen molar-refractivity contribution in [3.05, 3.63) is 36.9 Å². The van der Waals surface area contributed by atoms with E-state index in [0.717, 1.165) is 0 Å². The van der Waals surface area contributed by atoms with Gasteiger partial charge >= 0.3 is 0 Å². The van der Waals surface area contributed by atoms with Gasteiger partial charge < -0.3 is 15.0 Å². The fourth-order valence-corrected chi connectivity index (χ4v) is 2.10. The van der Waals surface area contributed by atoms with E-state index < -0.39 is 0 Å². The Balaban J connectivity index is 1.97. The lowest BCUT2D eigenvalue weighted by molar-refractivity contribution is -0.127. The highest BCUT2D eigenvalue weighted by molar-refractivity contribution is 5.97. The number of carbonyl (C=O) groups excluding carboxylic acids is 2. The summed E-state index contributed by atoms with van der Waals surface area (Å²) in [6, 6.07) is 7.16. The van der Waals surface area contributed by atoms with Crippen molar-refractivity contribution in [3.8, 4) is 5.75 Å². The van der Waals surface area contributed by atoms with Gasteiger partial charge in [-0.05, 0) is 12.1 Å². The number of anilines is 1. The SMILES string of the molecule is C=CCOc1cccc(NC(=O)[C@H]2CC(=O)N(C)C2)c1. The van der Waals surface area contributed by atoms with Crippen LogP contribution in [-0.4, -0.2) is 36.9 Å². The van der Waals surface area contributed by atoms with Gasteiger partial charge in [0.05, 0.1) is 5.92 Å². The van der Waals surface area contributed by atoms with Crippen molar-refractivity contribution in [1.82, 2.24) is 4.90 Å². The standard InChI is InChI=1S/C15H18N2O3/c1-3-7-20-13-6-4-5-12(9-13)16-15(19)11-8-14(18)17(2)10-11/h3-6,9,11H,1,7-8,10H2,2H3,(H,16,19)/t11-/m0/s1. The highest BCUT2D eigenvalue weighted by Crippen LogP contribution is 2.21. The topological polar surface area (TPSA) is 58.6 Å². The molecule has 1 aliphatic rings. The van der Waals surface area contributed by atoms with Gasteiger partial charge in [-0.15, -0.1) is 0 Å². The summed E-state index contributed by atoms with van der Waals surface area (Å²) in [4.78, 5) is 25.1. The van der Waals surface area contributed by atoms with Crippen LogP contribution in [0.15, 0.2) is 36.9 Å². The number of nitrogens with one attached hydrogen (secondary N) is 1. The van der Waals surface area contributed by atoms with Crippen LogP contribution in [0.25, 0.3) is 0 Å². The summed E-state index contributed by atoms with van der Waals surface area (Å²) < 4.78 is 5.41. The zero-order valence-electron chi connectivity index (χ0n) is 11.5. The molecule has 1 aliphatic heterocycles. The van der Waals surface area contributed by atoms with E-state index in [1.165, 1.54) is 0 Å². The Kier molecular flexibility index (Phi) is 4.40. The minimum Gasteiger partial charge on any atom is -0.489 e. The molecule has 2 amide bonds. The van der Waals surface area contributed by atoms with E-state index >= 15 is 0 Å². The second-order valence-electron chi connectivity index (χ2n) is 4.79. The number of benzene rings is 1. The summed E-state index contributed by atoms with van der Waals surface area (Å²) >= 11 is 0. The summed E-state index contributed by atoms with van der Waals surface area (Å²) in [5, 5.41) is 2.82. The lowest BCUT2D eigenvalue weighted by atomic mass is 10.1. The van der Waals surface area contributed by atoms with Crippen LogP contribution >= 0.6 is 0 Å². The third-order valence-corrected chi connectivity index (χ3v) is 3.18. The van der Waals surface area contributed by atoms with Crippen molar-refractivity contribution in [2.75, 3.05) is 25.5 Å². The van der Waals surface area contributed by atoms with Gasteiger partial charge in [0.2, 0.25) is 11.8 Å². The van der Waals surface area contributed by atoms with E-state index in [9.17, 15) is 9.59 Å². The van der Waals surface area contributed by atoms with E-state index in [1.54, 1.807) is 36.2 Å². The maximum absolute atomic E-state index is 12.1. The fraction of sp³-hybridized carbons (Fsp3) is 0.333. The third kappa shape index (κ3) is 3.38. The van der Waals surface area contributed by atoms with Crippen LogP contribution in [0.2, 0.25) is 0 Å². The van der Waals surface area contributed by atoms with Gasteiger partial charge in [-0.25, -0.2) is 0 Å². The number of rotatable bonds is 5. The average molecular weight is 274 g/mol. The molecule has 0 spiro atoms. The maximum Gasteiger partial charge on any atom is 0.229 e. The molecule has 5 nitrogen and oxygen atoms in total. The molecule has 0 radical (unpaired) electrons. The van der Waals surface area contributed by atoms with Gasteiger partial charge in [0.15, 0.2) is 0 Å². The van der Waals surface area contributed by atoms with Gasteiger partial charge in [-0.1, -0.05) is 18.7 Å². The van der Waals surface area contributed by atoms with E-state index in [-0.39, 0.29) is 24.2 Å². The quantitative estimate of drug-likeness (QED) is 0.831. The summed E-state index contributed by atoms with van der Waals surface area (Å²) in [6.45, 7) is 4.47. The van der Waals surface area contributed by atoms with Crippen molar-refractivity contribution in [3.63, 3.8) is 0 Å². The van der Waals surface area contributed by atoms with E-state index in [4.69, 9.17) is 4.74 Å². The van der Waals surface area contributed by atoms with Crippen molar-refractivity contribution < 1.29 is 14.3 Å². The lowest BCUT2D eigenvalue weighted by Gasteiger charge is -2.12. The minimum absolute atomic E-state index is 0.00761. The monoisotopic (exact) mass is 274 g/mol. The van der Waals surface area contributed by atoms with Crippen LogP contribution in [0.5, 0.6) is 5.75 Å². The van der Waals surface area contributed by atoms with E-state index in [0.29, 0.717) is 24.6 Å².